The molecule has 3 aromatic rings. The zero-order valence-corrected chi connectivity index (χ0v) is 15.0. The summed E-state index contributed by atoms with van der Waals surface area (Å²) in [5.41, 5.74) is 3.34. The Kier molecular flexibility index (Phi) is 3.46. The molecule has 6 heteroatoms. The van der Waals surface area contributed by atoms with E-state index in [2.05, 4.69) is 76.0 Å². The van der Waals surface area contributed by atoms with Gasteiger partial charge in [0.1, 0.15) is 6.17 Å². The van der Waals surface area contributed by atoms with Gasteiger partial charge in [-0.2, -0.15) is 0 Å². The maximum absolute atomic E-state index is 4.95. The fraction of sp³-hybridized carbons (Fsp3) is 0.300. The molecule has 26 heavy (non-hydrogen) atoms. The Morgan fingerprint density at radius 1 is 1.04 bits per heavy atom. The molecule has 0 bridgehead atoms. The van der Waals surface area contributed by atoms with Crippen LogP contribution in [0.15, 0.2) is 59.6 Å². The van der Waals surface area contributed by atoms with E-state index in [1.807, 2.05) is 12.1 Å². The van der Waals surface area contributed by atoms with Gasteiger partial charge in [-0.25, -0.2) is 9.98 Å². The lowest BCUT2D eigenvalue weighted by molar-refractivity contribution is 0.221. The third kappa shape index (κ3) is 2.29. The molecule has 0 spiro atoms. The van der Waals surface area contributed by atoms with Crippen molar-refractivity contribution in [2.24, 2.45) is 4.99 Å². The number of aromatic nitrogens is 2. The van der Waals surface area contributed by atoms with Crippen molar-refractivity contribution < 1.29 is 0 Å². The van der Waals surface area contributed by atoms with Crippen LogP contribution in [-0.2, 0) is 0 Å². The molecule has 1 aromatic heterocycles. The molecule has 3 heterocycles. The van der Waals surface area contributed by atoms with Crippen LogP contribution in [0.3, 0.4) is 0 Å². The first-order valence-electron chi connectivity index (χ1n) is 9.07. The minimum Gasteiger partial charge on any atom is -0.331 e. The molecular formula is C20H22N6. The average molecular weight is 346 g/mol. The van der Waals surface area contributed by atoms with Crippen LogP contribution in [0.25, 0.3) is 11.0 Å². The first-order chi connectivity index (χ1) is 12.7. The number of imidazole rings is 1. The molecule has 0 amide bonds. The smallest absolute Gasteiger partial charge is 0.216 e. The summed E-state index contributed by atoms with van der Waals surface area (Å²) < 4.78 is 2.29. The first kappa shape index (κ1) is 15.4. The van der Waals surface area contributed by atoms with Crippen molar-refractivity contribution in [2.75, 3.05) is 18.2 Å². The Morgan fingerprint density at radius 3 is 2.62 bits per heavy atom. The zero-order chi connectivity index (χ0) is 17.7. The van der Waals surface area contributed by atoms with Gasteiger partial charge in [0.05, 0.1) is 24.4 Å². The van der Waals surface area contributed by atoms with Gasteiger partial charge in [-0.05, 0) is 31.5 Å². The maximum Gasteiger partial charge on any atom is 0.216 e. The highest BCUT2D eigenvalue weighted by atomic mass is 15.5. The highest BCUT2D eigenvalue weighted by Crippen LogP contribution is 2.33. The van der Waals surface area contributed by atoms with E-state index < -0.39 is 0 Å². The standard InChI is InChI=1S/C20H22N6/c1-14(2)24-12-21-19-23-18(15-8-4-3-5-9-15)26-17-11-7-6-10-16(17)22-20(26)25(19)13-24/h3-11,14,18H,12-13H2,1-2H3,(H,21,23)/t18-/m1/s1. The molecule has 0 saturated heterocycles. The monoisotopic (exact) mass is 346 g/mol. The van der Waals surface area contributed by atoms with Crippen molar-refractivity contribution >= 4 is 22.9 Å². The molecule has 2 aliphatic rings. The second kappa shape index (κ2) is 5.85. The van der Waals surface area contributed by atoms with Gasteiger partial charge in [0.25, 0.3) is 0 Å². The molecule has 0 fully saturated rings. The molecule has 5 rings (SSSR count). The van der Waals surface area contributed by atoms with Crippen LogP contribution in [0, 0.1) is 0 Å². The van der Waals surface area contributed by atoms with Crippen LogP contribution in [0.4, 0.5) is 5.95 Å². The number of guanidine groups is 1. The molecule has 2 aromatic carbocycles. The van der Waals surface area contributed by atoms with Gasteiger partial charge in [0.2, 0.25) is 11.9 Å². The van der Waals surface area contributed by atoms with Crippen LogP contribution in [0.2, 0.25) is 0 Å². The van der Waals surface area contributed by atoms with E-state index in [0.717, 1.165) is 29.6 Å². The maximum atomic E-state index is 4.95. The number of nitrogens with one attached hydrogen (secondary N) is 1. The van der Waals surface area contributed by atoms with Crippen molar-refractivity contribution in [3.05, 3.63) is 60.2 Å². The van der Waals surface area contributed by atoms with Gasteiger partial charge in [-0.1, -0.05) is 42.5 Å². The molecule has 1 atom stereocenters. The predicted molar refractivity (Wildman–Crippen MR) is 104 cm³/mol. The highest BCUT2D eigenvalue weighted by molar-refractivity contribution is 5.98. The predicted octanol–water partition coefficient (Wildman–Crippen LogP) is 2.99. The minimum absolute atomic E-state index is 0.0146. The van der Waals surface area contributed by atoms with E-state index in [0.29, 0.717) is 12.7 Å². The Hall–Kier alpha value is -2.86. The zero-order valence-electron chi connectivity index (χ0n) is 15.0. The van der Waals surface area contributed by atoms with Crippen molar-refractivity contribution in [1.29, 1.82) is 0 Å². The Balaban J connectivity index is 1.70. The van der Waals surface area contributed by atoms with E-state index in [1.165, 1.54) is 5.56 Å². The van der Waals surface area contributed by atoms with E-state index in [9.17, 15) is 0 Å². The lowest BCUT2D eigenvalue weighted by atomic mass is 10.1. The van der Waals surface area contributed by atoms with Crippen LogP contribution >= 0.6 is 0 Å². The lowest BCUT2D eigenvalue weighted by Crippen LogP contribution is -2.58. The van der Waals surface area contributed by atoms with E-state index in [1.54, 1.807) is 0 Å². The number of nitrogens with zero attached hydrogens (tertiary/aromatic N) is 5. The van der Waals surface area contributed by atoms with Gasteiger partial charge < -0.3 is 5.32 Å². The number of fused-ring (bicyclic) bond motifs is 5. The third-order valence-electron chi connectivity index (χ3n) is 5.17. The van der Waals surface area contributed by atoms with Crippen LogP contribution in [-0.4, -0.2) is 39.8 Å². The largest absolute Gasteiger partial charge is 0.331 e. The van der Waals surface area contributed by atoms with Gasteiger partial charge in [0.15, 0.2) is 0 Å². The molecule has 2 aliphatic heterocycles. The molecule has 0 aliphatic carbocycles. The summed E-state index contributed by atoms with van der Waals surface area (Å²) in [6, 6.07) is 19.2. The molecule has 1 N–H and O–H groups in total. The van der Waals surface area contributed by atoms with Crippen LogP contribution in [0.5, 0.6) is 0 Å². The molecular weight excluding hydrogens is 324 g/mol. The number of rotatable bonds is 2. The molecule has 6 nitrogen and oxygen atoms in total. The Bertz CT molecular complexity index is 974. The molecule has 0 radical (unpaired) electrons. The summed E-state index contributed by atoms with van der Waals surface area (Å²) in [7, 11) is 0. The second-order valence-corrected chi connectivity index (χ2v) is 7.10. The second-order valence-electron chi connectivity index (χ2n) is 7.10. The van der Waals surface area contributed by atoms with E-state index >= 15 is 0 Å². The molecule has 0 saturated carbocycles. The summed E-state index contributed by atoms with van der Waals surface area (Å²) >= 11 is 0. The summed E-state index contributed by atoms with van der Waals surface area (Å²) in [6.45, 7) is 5.90. The normalized spacial score (nSPS) is 19.9. The van der Waals surface area contributed by atoms with Crippen molar-refractivity contribution in [3.8, 4) is 0 Å². The number of para-hydroxylation sites is 2. The van der Waals surface area contributed by atoms with Crippen molar-refractivity contribution in [3.63, 3.8) is 0 Å². The number of anilines is 1. The van der Waals surface area contributed by atoms with Gasteiger partial charge in [-0.15, -0.1) is 0 Å². The van der Waals surface area contributed by atoms with Gasteiger partial charge in [0, 0.05) is 6.04 Å². The summed E-state index contributed by atoms with van der Waals surface area (Å²) in [5.74, 6) is 1.85. The first-order valence-corrected chi connectivity index (χ1v) is 9.07. The Labute approximate surface area is 152 Å². The van der Waals surface area contributed by atoms with Crippen LogP contribution in [0.1, 0.15) is 25.6 Å². The van der Waals surface area contributed by atoms with E-state index in [-0.39, 0.29) is 6.17 Å². The summed E-state index contributed by atoms with van der Waals surface area (Å²) in [4.78, 5) is 14.3. The van der Waals surface area contributed by atoms with Crippen LogP contribution < -0.4 is 10.2 Å². The number of hydrogen-bond acceptors (Lipinski definition) is 5. The van der Waals surface area contributed by atoms with Crippen molar-refractivity contribution in [1.82, 2.24) is 19.8 Å². The number of hydrogen-bond donors (Lipinski definition) is 1. The van der Waals surface area contributed by atoms with Crippen molar-refractivity contribution in [2.45, 2.75) is 26.1 Å². The summed E-state index contributed by atoms with van der Waals surface area (Å²) in [6.07, 6.45) is -0.0146. The van der Waals surface area contributed by atoms with E-state index in [4.69, 9.17) is 9.98 Å². The fourth-order valence-electron chi connectivity index (χ4n) is 3.68. The SMILES string of the molecule is CC(C)N1CN=C2N[C@@H](c3ccccc3)n3c(nc4ccccc43)N2C1. The molecule has 132 valence electrons. The third-order valence-corrected chi connectivity index (χ3v) is 5.17. The lowest BCUT2D eigenvalue weighted by Gasteiger charge is -2.42. The fourth-order valence-corrected chi connectivity index (χ4v) is 3.68. The van der Waals surface area contributed by atoms with Gasteiger partial charge in [-0.3, -0.25) is 14.4 Å². The van der Waals surface area contributed by atoms with Gasteiger partial charge >= 0.3 is 0 Å². The molecule has 0 unspecified atom stereocenters. The average Bonchev–Trinajstić information content (AvgIpc) is 3.07. The highest BCUT2D eigenvalue weighted by Gasteiger charge is 2.36. The quantitative estimate of drug-likeness (QED) is 0.775. The topological polar surface area (TPSA) is 48.7 Å². The number of aliphatic imine (C=N–C) groups is 1. The Morgan fingerprint density at radius 2 is 1.81 bits per heavy atom. The number of benzene rings is 2. The summed E-state index contributed by atoms with van der Waals surface area (Å²) in [5, 5.41) is 3.64. The minimum atomic E-state index is -0.0146.